The molecule has 0 bridgehead atoms. The highest BCUT2D eigenvalue weighted by Gasteiger charge is 2.22. The first kappa shape index (κ1) is 14.4. The van der Waals surface area contributed by atoms with Crippen molar-refractivity contribution in [2.45, 2.75) is 19.3 Å². The van der Waals surface area contributed by atoms with Crippen molar-refractivity contribution in [3.8, 4) is 0 Å². The number of hydrogen-bond acceptors (Lipinski definition) is 4. The van der Waals surface area contributed by atoms with Gasteiger partial charge in [-0.05, 0) is 37.5 Å². The van der Waals surface area contributed by atoms with Crippen molar-refractivity contribution in [1.29, 1.82) is 0 Å². The number of nitro benzene ring substituents is 1. The second kappa shape index (κ2) is 6.42. The fourth-order valence-electron chi connectivity index (χ4n) is 2.17. The lowest BCUT2D eigenvalue weighted by Gasteiger charge is -2.28. The van der Waals surface area contributed by atoms with Gasteiger partial charge in [0.25, 0.3) is 11.6 Å². The second-order valence-corrected chi connectivity index (χ2v) is 4.97. The molecule has 2 rings (SSSR count). The summed E-state index contributed by atoms with van der Waals surface area (Å²) in [6, 6.07) is 5.84. The summed E-state index contributed by atoms with van der Waals surface area (Å²) in [4.78, 5) is 24.3. The highest BCUT2D eigenvalue weighted by atomic mass is 32.1. The molecule has 0 atom stereocenters. The second-order valence-electron chi connectivity index (χ2n) is 4.58. The number of nitrogens with one attached hydrogen (secondary N) is 1. The number of amides is 1. The van der Waals surface area contributed by atoms with Crippen LogP contribution in [0.4, 0.5) is 5.69 Å². The van der Waals surface area contributed by atoms with E-state index in [0.29, 0.717) is 5.11 Å². The van der Waals surface area contributed by atoms with E-state index in [9.17, 15) is 14.9 Å². The van der Waals surface area contributed by atoms with Gasteiger partial charge in [0.05, 0.1) is 4.92 Å². The number of hydrogen-bond donors (Lipinski definition) is 1. The van der Waals surface area contributed by atoms with Crippen LogP contribution in [0.5, 0.6) is 0 Å². The number of piperidine rings is 1. The third-order valence-corrected chi connectivity index (χ3v) is 3.57. The molecule has 0 radical (unpaired) electrons. The summed E-state index contributed by atoms with van der Waals surface area (Å²) >= 11 is 5.18. The van der Waals surface area contributed by atoms with E-state index in [1.165, 1.54) is 18.2 Å². The molecule has 6 nitrogen and oxygen atoms in total. The summed E-state index contributed by atoms with van der Waals surface area (Å²) in [5.41, 5.74) is -0.191. The molecule has 0 aromatic heterocycles. The molecule has 1 aromatic rings. The Kier molecular flexibility index (Phi) is 4.62. The average Bonchev–Trinajstić information content (AvgIpc) is 2.48. The molecule has 1 N–H and O–H groups in total. The normalized spacial score (nSPS) is 14.7. The predicted octanol–water partition coefficient (Wildman–Crippen LogP) is 2.10. The summed E-state index contributed by atoms with van der Waals surface area (Å²) in [6.45, 7) is 1.63. The van der Waals surface area contributed by atoms with Gasteiger partial charge in [-0.3, -0.25) is 20.2 Å². The van der Waals surface area contributed by atoms with E-state index in [-0.39, 0.29) is 11.3 Å². The fourth-order valence-corrected chi connectivity index (χ4v) is 2.44. The molecule has 1 heterocycles. The average molecular weight is 293 g/mol. The largest absolute Gasteiger partial charge is 0.349 e. The topological polar surface area (TPSA) is 75.5 Å². The Hall–Kier alpha value is -2.02. The molecule has 1 saturated heterocycles. The van der Waals surface area contributed by atoms with E-state index in [1.807, 2.05) is 4.90 Å². The molecule has 106 valence electrons. The van der Waals surface area contributed by atoms with Crippen LogP contribution in [-0.2, 0) is 0 Å². The maximum Gasteiger partial charge on any atom is 0.282 e. The molecule has 1 fully saturated rings. The molecule has 7 heteroatoms. The highest BCUT2D eigenvalue weighted by molar-refractivity contribution is 7.80. The van der Waals surface area contributed by atoms with Crippen molar-refractivity contribution >= 4 is 28.9 Å². The van der Waals surface area contributed by atoms with E-state index in [2.05, 4.69) is 5.32 Å². The van der Waals surface area contributed by atoms with E-state index >= 15 is 0 Å². The van der Waals surface area contributed by atoms with Crippen LogP contribution in [-0.4, -0.2) is 33.9 Å². The Morgan fingerprint density at radius 1 is 1.25 bits per heavy atom. The highest BCUT2D eigenvalue weighted by Crippen LogP contribution is 2.17. The van der Waals surface area contributed by atoms with Crippen molar-refractivity contribution < 1.29 is 9.72 Å². The van der Waals surface area contributed by atoms with Gasteiger partial charge in [-0.25, -0.2) is 0 Å². The van der Waals surface area contributed by atoms with Crippen molar-refractivity contribution in [3.63, 3.8) is 0 Å². The number of carbonyl (C=O) groups excluding carboxylic acids is 1. The molecule has 0 spiro atoms. The van der Waals surface area contributed by atoms with Crippen LogP contribution in [0.25, 0.3) is 0 Å². The first-order valence-corrected chi connectivity index (χ1v) is 6.84. The number of rotatable bonds is 2. The zero-order chi connectivity index (χ0) is 14.5. The van der Waals surface area contributed by atoms with Crippen LogP contribution < -0.4 is 5.32 Å². The summed E-state index contributed by atoms with van der Waals surface area (Å²) in [5, 5.41) is 13.8. The third kappa shape index (κ3) is 3.30. The summed E-state index contributed by atoms with van der Waals surface area (Å²) in [5.74, 6) is -0.534. The number of nitro groups is 1. The predicted molar refractivity (Wildman–Crippen MR) is 78.6 cm³/mol. The molecule has 1 amide bonds. The van der Waals surface area contributed by atoms with E-state index in [1.54, 1.807) is 6.07 Å². The fraction of sp³-hybridized carbons (Fsp3) is 0.385. The lowest BCUT2D eigenvalue weighted by Crippen LogP contribution is -2.45. The number of benzene rings is 1. The zero-order valence-corrected chi connectivity index (χ0v) is 11.7. The van der Waals surface area contributed by atoms with Crippen LogP contribution in [0.2, 0.25) is 0 Å². The van der Waals surface area contributed by atoms with Gasteiger partial charge in [-0.2, -0.15) is 0 Å². The molecule has 1 aromatic carbocycles. The quantitative estimate of drug-likeness (QED) is 0.513. The standard InChI is InChI=1S/C13H15N3O3S/c17-12(10-6-2-3-7-11(10)16(18)19)14-13(20)15-8-4-1-5-9-15/h2-3,6-7H,1,4-5,8-9H2,(H,14,17,20). The number of carbonyl (C=O) groups is 1. The van der Waals surface area contributed by atoms with E-state index in [0.717, 1.165) is 32.4 Å². The van der Waals surface area contributed by atoms with Gasteiger partial charge in [0.1, 0.15) is 5.56 Å². The van der Waals surface area contributed by atoms with Gasteiger partial charge in [-0.1, -0.05) is 12.1 Å². The van der Waals surface area contributed by atoms with Crippen LogP contribution in [0.15, 0.2) is 24.3 Å². The summed E-state index contributed by atoms with van der Waals surface area (Å²) < 4.78 is 0. The van der Waals surface area contributed by atoms with Gasteiger partial charge in [0.15, 0.2) is 5.11 Å². The molecule has 1 aliphatic heterocycles. The molecule has 20 heavy (non-hydrogen) atoms. The Labute approximate surface area is 121 Å². The molecule has 1 aliphatic rings. The van der Waals surface area contributed by atoms with E-state index < -0.39 is 10.8 Å². The minimum Gasteiger partial charge on any atom is -0.349 e. The van der Waals surface area contributed by atoms with Gasteiger partial charge in [0, 0.05) is 19.2 Å². The van der Waals surface area contributed by atoms with Crippen molar-refractivity contribution in [2.75, 3.05) is 13.1 Å². The minimum atomic E-state index is -0.571. The van der Waals surface area contributed by atoms with Crippen molar-refractivity contribution in [2.24, 2.45) is 0 Å². The summed E-state index contributed by atoms with van der Waals surface area (Å²) in [6.07, 6.45) is 3.25. The molecular weight excluding hydrogens is 278 g/mol. The Morgan fingerprint density at radius 2 is 1.90 bits per heavy atom. The third-order valence-electron chi connectivity index (χ3n) is 3.21. The number of para-hydroxylation sites is 1. The number of likely N-dealkylation sites (tertiary alicyclic amines) is 1. The Balaban J connectivity index is 2.08. The lowest BCUT2D eigenvalue weighted by atomic mass is 10.1. The van der Waals surface area contributed by atoms with Gasteiger partial charge in [-0.15, -0.1) is 0 Å². The molecular formula is C13H15N3O3S. The lowest BCUT2D eigenvalue weighted by molar-refractivity contribution is -0.385. The van der Waals surface area contributed by atoms with Gasteiger partial charge >= 0.3 is 0 Å². The number of nitrogens with zero attached hydrogens (tertiary/aromatic N) is 2. The SMILES string of the molecule is O=C(NC(=S)N1CCCCC1)c1ccccc1[N+](=O)[O-]. The maximum absolute atomic E-state index is 12.1. The molecule has 0 saturated carbocycles. The van der Waals surface area contributed by atoms with Crippen LogP contribution >= 0.6 is 12.2 Å². The van der Waals surface area contributed by atoms with E-state index in [4.69, 9.17) is 12.2 Å². The first-order chi connectivity index (χ1) is 9.59. The smallest absolute Gasteiger partial charge is 0.282 e. The maximum atomic E-state index is 12.1. The van der Waals surface area contributed by atoms with Gasteiger partial charge < -0.3 is 4.90 Å². The van der Waals surface area contributed by atoms with Crippen LogP contribution in [0, 0.1) is 10.1 Å². The molecule has 0 unspecified atom stereocenters. The Bertz CT molecular complexity index is 541. The van der Waals surface area contributed by atoms with Crippen LogP contribution in [0.1, 0.15) is 29.6 Å². The van der Waals surface area contributed by atoms with Crippen LogP contribution in [0.3, 0.4) is 0 Å². The molecule has 0 aliphatic carbocycles. The van der Waals surface area contributed by atoms with Gasteiger partial charge in [0.2, 0.25) is 0 Å². The minimum absolute atomic E-state index is 0.0249. The Morgan fingerprint density at radius 3 is 2.55 bits per heavy atom. The summed E-state index contributed by atoms with van der Waals surface area (Å²) in [7, 11) is 0. The zero-order valence-electron chi connectivity index (χ0n) is 10.9. The van der Waals surface area contributed by atoms with Crippen molar-refractivity contribution in [3.05, 3.63) is 39.9 Å². The van der Waals surface area contributed by atoms with Crippen molar-refractivity contribution in [1.82, 2.24) is 10.2 Å². The monoisotopic (exact) mass is 293 g/mol. The number of thiocarbonyl (C=S) groups is 1. The first-order valence-electron chi connectivity index (χ1n) is 6.43.